The molecule has 0 saturated heterocycles. The van der Waals surface area contributed by atoms with Crippen molar-refractivity contribution in [2.24, 2.45) is 0 Å². The van der Waals surface area contributed by atoms with Crippen LogP contribution in [0.25, 0.3) is 0 Å². The molecule has 4 nitrogen and oxygen atoms in total. The van der Waals surface area contributed by atoms with E-state index in [2.05, 4.69) is 13.5 Å². The Morgan fingerprint density at radius 3 is 1.82 bits per heavy atom. The average molecular weight is 264 g/mol. The molecule has 0 rings (SSSR count). The Kier molecular flexibility index (Phi) is 15.6. The molecule has 0 aromatic carbocycles. The maximum atomic E-state index is 5.26. The summed E-state index contributed by atoms with van der Waals surface area (Å²) in [6.45, 7) is 9.01. The van der Waals surface area contributed by atoms with E-state index >= 15 is 0 Å². The van der Waals surface area contributed by atoms with E-state index in [1.807, 2.05) is 13.0 Å². The highest BCUT2D eigenvalue weighted by atomic mass is 28.4. The Bertz CT molecular complexity index is 152. The second-order valence-corrected chi connectivity index (χ2v) is 6.38. The van der Waals surface area contributed by atoms with Gasteiger partial charge in [-0.25, -0.2) is 0 Å². The predicted octanol–water partition coefficient (Wildman–Crippen LogP) is 2.87. The molecular formula is C12H28O4Si. The summed E-state index contributed by atoms with van der Waals surface area (Å²) in [5, 5.41) is 0. The van der Waals surface area contributed by atoms with E-state index in [1.165, 1.54) is 0 Å². The highest BCUT2D eigenvalue weighted by molar-refractivity contribution is 6.60. The van der Waals surface area contributed by atoms with Crippen LogP contribution in [0.4, 0.5) is 0 Å². The summed E-state index contributed by atoms with van der Waals surface area (Å²) < 4.78 is 21.0. The maximum absolute atomic E-state index is 5.26. The molecular weight excluding hydrogens is 236 g/mol. The van der Waals surface area contributed by atoms with Gasteiger partial charge in [0, 0.05) is 40.6 Å². The van der Waals surface area contributed by atoms with Gasteiger partial charge in [0.05, 0.1) is 0 Å². The number of ether oxygens (including phenoxy) is 1. The SMILES string of the molecule is C=CCC.CCOCCC[Si](OC)(OC)OC. The first-order chi connectivity index (χ1) is 8.16. The quantitative estimate of drug-likeness (QED) is 0.364. The molecule has 0 spiro atoms. The average Bonchev–Trinajstić information content (AvgIpc) is 2.40. The summed E-state index contributed by atoms with van der Waals surface area (Å²) >= 11 is 0. The third-order valence-electron chi connectivity index (χ3n) is 2.20. The fourth-order valence-corrected chi connectivity index (χ4v) is 2.78. The molecule has 0 N–H and O–H groups in total. The van der Waals surface area contributed by atoms with Gasteiger partial charge in [-0.2, -0.15) is 0 Å². The van der Waals surface area contributed by atoms with Crippen LogP contribution >= 0.6 is 0 Å². The van der Waals surface area contributed by atoms with E-state index in [1.54, 1.807) is 21.3 Å². The van der Waals surface area contributed by atoms with Crippen LogP contribution in [-0.4, -0.2) is 43.3 Å². The lowest BCUT2D eigenvalue weighted by Gasteiger charge is -2.24. The molecule has 0 bridgehead atoms. The summed E-state index contributed by atoms with van der Waals surface area (Å²) in [4.78, 5) is 0. The smallest absolute Gasteiger partial charge is 0.382 e. The molecule has 0 atom stereocenters. The first-order valence-electron chi connectivity index (χ1n) is 6.00. The van der Waals surface area contributed by atoms with Crippen molar-refractivity contribution in [1.29, 1.82) is 0 Å². The molecule has 17 heavy (non-hydrogen) atoms. The Labute approximate surface area is 107 Å². The fourth-order valence-electron chi connectivity index (χ4n) is 1.09. The minimum Gasteiger partial charge on any atom is -0.382 e. The monoisotopic (exact) mass is 264 g/mol. The van der Waals surface area contributed by atoms with Crippen molar-refractivity contribution in [2.45, 2.75) is 32.7 Å². The van der Waals surface area contributed by atoms with Gasteiger partial charge in [0.15, 0.2) is 0 Å². The van der Waals surface area contributed by atoms with Gasteiger partial charge in [0.25, 0.3) is 0 Å². The molecule has 0 unspecified atom stereocenters. The Balaban J connectivity index is 0. The summed E-state index contributed by atoms with van der Waals surface area (Å²) in [5.41, 5.74) is 0. The van der Waals surface area contributed by atoms with Crippen LogP contribution in [0.3, 0.4) is 0 Å². The topological polar surface area (TPSA) is 36.9 Å². The number of hydrogen-bond acceptors (Lipinski definition) is 4. The second-order valence-electron chi connectivity index (χ2n) is 3.29. The second kappa shape index (κ2) is 13.9. The molecule has 0 aliphatic carbocycles. The van der Waals surface area contributed by atoms with Crippen LogP contribution in [0, 0.1) is 0 Å². The van der Waals surface area contributed by atoms with Crippen LogP contribution < -0.4 is 0 Å². The van der Waals surface area contributed by atoms with Gasteiger partial charge in [0.2, 0.25) is 0 Å². The third-order valence-corrected chi connectivity index (χ3v) is 5.03. The highest BCUT2D eigenvalue weighted by Crippen LogP contribution is 2.14. The van der Waals surface area contributed by atoms with E-state index in [0.717, 1.165) is 32.1 Å². The lowest BCUT2D eigenvalue weighted by Crippen LogP contribution is -2.42. The van der Waals surface area contributed by atoms with Crippen LogP contribution in [0.2, 0.25) is 6.04 Å². The van der Waals surface area contributed by atoms with Gasteiger partial charge >= 0.3 is 8.80 Å². The molecule has 0 aromatic rings. The number of allylic oxidation sites excluding steroid dienone is 1. The van der Waals surface area contributed by atoms with Gasteiger partial charge < -0.3 is 18.0 Å². The van der Waals surface area contributed by atoms with Crippen LogP contribution in [0.15, 0.2) is 12.7 Å². The first-order valence-corrected chi connectivity index (χ1v) is 7.93. The van der Waals surface area contributed by atoms with Crippen molar-refractivity contribution in [1.82, 2.24) is 0 Å². The zero-order chi connectivity index (χ0) is 13.6. The maximum Gasteiger partial charge on any atom is 0.500 e. The standard InChI is InChI=1S/C8H20O4Si.C4H8/c1-5-12-7-6-8-13(9-2,10-3)11-4;1-3-4-2/h5-8H2,1-4H3;3H,1,4H2,2H3. The zero-order valence-corrected chi connectivity index (χ0v) is 13.0. The molecule has 5 heteroatoms. The molecule has 104 valence electrons. The van der Waals surface area contributed by atoms with E-state index < -0.39 is 8.80 Å². The minimum absolute atomic E-state index is 0.737. The van der Waals surface area contributed by atoms with Crippen LogP contribution in [0.5, 0.6) is 0 Å². The number of hydrogen-bond donors (Lipinski definition) is 0. The summed E-state index contributed by atoms with van der Waals surface area (Å²) in [6.07, 6.45) is 3.87. The summed E-state index contributed by atoms with van der Waals surface area (Å²) in [6, 6.07) is 0.802. The summed E-state index contributed by atoms with van der Waals surface area (Å²) in [7, 11) is 2.53. The van der Waals surface area contributed by atoms with Gasteiger partial charge in [-0.15, -0.1) is 6.58 Å². The largest absolute Gasteiger partial charge is 0.500 e. The fraction of sp³-hybridized carbons (Fsp3) is 0.833. The lowest BCUT2D eigenvalue weighted by molar-refractivity contribution is 0.111. The van der Waals surface area contributed by atoms with Gasteiger partial charge in [-0.1, -0.05) is 13.0 Å². The van der Waals surface area contributed by atoms with Gasteiger partial charge in [0.1, 0.15) is 0 Å². The minimum atomic E-state index is -2.35. The molecule has 0 saturated carbocycles. The van der Waals surface area contributed by atoms with E-state index in [0.29, 0.717) is 0 Å². The molecule has 0 aliphatic heterocycles. The van der Waals surface area contributed by atoms with Crippen molar-refractivity contribution >= 4 is 8.80 Å². The molecule has 0 aromatic heterocycles. The van der Waals surface area contributed by atoms with Crippen molar-refractivity contribution in [3.8, 4) is 0 Å². The molecule has 0 amide bonds. The normalized spacial score (nSPS) is 10.6. The van der Waals surface area contributed by atoms with Crippen molar-refractivity contribution in [3.05, 3.63) is 12.7 Å². The van der Waals surface area contributed by atoms with Crippen molar-refractivity contribution < 1.29 is 18.0 Å². The zero-order valence-electron chi connectivity index (χ0n) is 12.0. The first kappa shape index (κ1) is 19.1. The predicted molar refractivity (Wildman–Crippen MR) is 73.2 cm³/mol. The number of rotatable bonds is 9. The lowest BCUT2D eigenvalue weighted by atomic mass is 10.5. The van der Waals surface area contributed by atoms with Crippen molar-refractivity contribution in [2.75, 3.05) is 34.5 Å². The van der Waals surface area contributed by atoms with E-state index in [4.69, 9.17) is 18.0 Å². The Morgan fingerprint density at radius 2 is 1.53 bits per heavy atom. The summed E-state index contributed by atoms with van der Waals surface area (Å²) in [5.74, 6) is 0. The Hall–Kier alpha value is -0.203. The highest BCUT2D eigenvalue weighted by Gasteiger charge is 2.36. The molecule has 0 aliphatic rings. The van der Waals surface area contributed by atoms with Crippen LogP contribution in [-0.2, 0) is 18.0 Å². The van der Waals surface area contributed by atoms with E-state index in [9.17, 15) is 0 Å². The molecule has 0 radical (unpaired) electrons. The Morgan fingerprint density at radius 1 is 1.06 bits per heavy atom. The molecule has 0 heterocycles. The van der Waals surface area contributed by atoms with Crippen molar-refractivity contribution in [3.63, 3.8) is 0 Å². The van der Waals surface area contributed by atoms with Gasteiger partial charge in [-0.05, 0) is 19.8 Å². The van der Waals surface area contributed by atoms with Gasteiger partial charge in [-0.3, -0.25) is 0 Å². The van der Waals surface area contributed by atoms with E-state index in [-0.39, 0.29) is 0 Å². The molecule has 0 fully saturated rings. The van der Waals surface area contributed by atoms with Crippen LogP contribution in [0.1, 0.15) is 26.7 Å². The third kappa shape index (κ3) is 10.7.